The molecule has 0 fully saturated rings. The maximum atomic E-state index is 14.5. The summed E-state index contributed by atoms with van der Waals surface area (Å²) in [5.74, 6) is 1.87. The van der Waals surface area contributed by atoms with Crippen molar-refractivity contribution >= 4 is 21.6 Å². The highest BCUT2D eigenvalue weighted by atomic mass is 32.2. The number of amides is 1. The zero-order valence-electron chi connectivity index (χ0n) is 29.5. The van der Waals surface area contributed by atoms with E-state index < -0.39 is 16.1 Å². The maximum absolute atomic E-state index is 14.5. The highest BCUT2D eigenvalue weighted by Crippen LogP contribution is 2.33. The van der Waals surface area contributed by atoms with Crippen LogP contribution in [0.15, 0.2) is 65.6 Å². The second kappa shape index (κ2) is 16.8. The van der Waals surface area contributed by atoms with Crippen LogP contribution in [0.3, 0.4) is 0 Å². The van der Waals surface area contributed by atoms with Crippen molar-refractivity contribution in [3.8, 4) is 23.0 Å². The van der Waals surface area contributed by atoms with Gasteiger partial charge in [0.25, 0.3) is 15.9 Å². The number of benzene rings is 3. The summed E-state index contributed by atoms with van der Waals surface area (Å²) < 4.78 is 58.2. The summed E-state index contributed by atoms with van der Waals surface area (Å²) in [5.41, 5.74) is 1.50. The minimum Gasteiger partial charge on any atom is -0.497 e. The van der Waals surface area contributed by atoms with Crippen molar-refractivity contribution in [1.29, 1.82) is 0 Å². The number of nitrogens with one attached hydrogen (secondary N) is 1. The van der Waals surface area contributed by atoms with Gasteiger partial charge in [-0.3, -0.25) is 14.4 Å². The van der Waals surface area contributed by atoms with Crippen LogP contribution in [0.25, 0.3) is 0 Å². The summed E-state index contributed by atoms with van der Waals surface area (Å²) in [6.07, 6.45) is 2.03. The molecule has 4 atom stereocenters. The highest BCUT2D eigenvalue weighted by molar-refractivity contribution is 7.92. The quantitative estimate of drug-likeness (QED) is 0.291. The number of nitrogens with zero attached hydrogens (tertiary/aromatic N) is 2. The molecule has 3 aromatic rings. The number of anilines is 1. The lowest BCUT2D eigenvalue weighted by Crippen LogP contribution is -2.47. The SMILES string of the molecule is COc1ccc(S(=O)(=O)Nc2ccc3c(c2)C(=O)N([C@@H](C)CO)C[C@H](C)[C@H](CN(C)Cc2ccc4c(c2)OCO4)OCCCC[C@@H](C)O3)cc1. The third kappa shape index (κ3) is 9.39. The van der Waals surface area contributed by atoms with Crippen LogP contribution < -0.4 is 23.7 Å². The van der Waals surface area contributed by atoms with Crippen molar-refractivity contribution in [3.63, 3.8) is 0 Å². The van der Waals surface area contributed by atoms with Crippen LogP contribution in [0.5, 0.6) is 23.0 Å². The minimum atomic E-state index is -3.98. The van der Waals surface area contributed by atoms with Crippen molar-refractivity contribution in [1.82, 2.24) is 9.80 Å². The van der Waals surface area contributed by atoms with E-state index in [1.54, 1.807) is 36.1 Å². The van der Waals surface area contributed by atoms with E-state index in [9.17, 15) is 18.3 Å². The number of aliphatic hydroxyl groups is 1. The fourth-order valence-corrected chi connectivity index (χ4v) is 7.19. The van der Waals surface area contributed by atoms with E-state index >= 15 is 0 Å². The predicted molar refractivity (Wildman–Crippen MR) is 190 cm³/mol. The Morgan fingerprint density at radius 3 is 2.50 bits per heavy atom. The van der Waals surface area contributed by atoms with Gasteiger partial charge in [-0.25, -0.2) is 8.42 Å². The number of hydrogen-bond donors (Lipinski definition) is 2. The van der Waals surface area contributed by atoms with Crippen molar-refractivity contribution in [3.05, 3.63) is 71.8 Å². The largest absolute Gasteiger partial charge is 0.497 e. The lowest BCUT2D eigenvalue weighted by Gasteiger charge is -2.36. The van der Waals surface area contributed by atoms with Gasteiger partial charge in [0.15, 0.2) is 11.5 Å². The van der Waals surface area contributed by atoms with Crippen LogP contribution in [-0.2, 0) is 21.3 Å². The summed E-state index contributed by atoms with van der Waals surface area (Å²) in [4.78, 5) is 18.3. The molecule has 272 valence electrons. The molecular formula is C37H49N3O9S. The van der Waals surface area contributed by atoms with E-state index in [0.29, 0.717) is 37.7 Å². The third-order valence-corrected chi connectivity index (χ3v) is 10.5. The number of sulfonamides is 1. The monoisotopic (exact) mass is 711 g/mol. The molecule has 0 bridgehead atoms. The average molecular weight is 712 g/mol. The van der Waals surface area contributed by atoms with Crippen LogP contribution in [0.1, 0.15) is 56.0 Å². The van der Waals surface area contributed by atoms with Gasteiger partial charge in [-0.05, 0) is 100 Å². The fraction of sp³-hybridized carbons (Fsp3) is 0.486. The van der Waals surface area contributed by atoms with E-state index in [2.05, 4.69) is 9.62 Å². The third-order valence-electron chi connectivity index (χ3n) is 9.05. The molecule has 0 saturated carbocycles. The number of methoxy groups -OCH3 is 1. The van der Waals surface area contributed by atoms with Gasteiger partial charge < -0.3 is 33.7 Å². The molecule has 0 unspecified atom stereocenters. The molecule has 0 radical (unpaired) electrons. The molecule has 2 aliphatic heterocycles. The van der Waals surface area contributed by atoms with Gasteiger partial charge >= 0.3 is 0 Å². The van der Waals surface area contributed by atoms with Gasteiger partial charge in [-0.15, -0.1) is 0 Å². The number of hydrogen-bond acceptors (Lipinski definition) is 10. The molecule has 0 aromatic heterocycles. The molecule has 1 amide bonds. The molecule has 12 nitrogen and oxygen atoms in total. The van der Waals surface area contributed by atoms with Gasteiger partial charge in [0.2, 0.25) is 6.79 Å². The van der Waals surface area contributed by atoms with Crippen molar-refractivity contribution in [2.45, 2.75) is 69.7 Å². The molecule has 0 aliphatic carbocycles. The number of carbonyl (C=O) groups excluding carboxylic acids is 1. The van der Waals surface area contributed by atoms with Crippen LogP contribution in [-0.4, -0.2) is 94.7 Å². The average Bonchev–Trinajstić information content (AvgIpc) is 3.57. The summed E-state index contributed by atoms with van der Waals surface area (Å²) in [6, 6.07) is 16.2. The first-order valence-electron chi connectivity index (χ1n) is 17.1. The molecule has 13 heteroatoms. The maximum Gasteiger partial charge on any atom is 0.261 e. The van der Waals surface area contributed by atoms with Crippen molar-refractivity contribution in [2.24, 2.45) is 5.92 Å². The van der Waals surface area contributed by atoms with Gasteiger partial charge in [0.1, 0.15) is 11.5 Å². The predicted octanol–water partition coefficient (Wildman–Crippen LogP) is 5.15. The Bertz CT molecular complexity index is 1700. The molecule has 0 saturated heterocycles. The number of carbonyl (C=O) groups is 1. The molecule has 0 spiro atoms. The standard InChI is InChI=1S/C37H49N3O9S/c1-25-20-40(26(2)23-41)37(42)32-19-29(38-50(43,44)31-13-11-30(45-5)12-14-31)10-16-33(32)49-27(3)8-6-7-17-46-36(25)22-39(4)21-28-9-15-34-35(18-28)48-24-47-34/h9-16,18-19,25-27,36,38,41H,6-8,17,20-24H2,1-5H3/t25-,26-,27+,36-/m0/s1. The number of likely N-dealkylation sites (N-methyl/N-ethyl adjacent to an activating group) is 1. The Morgan fingerprint density at radius 1 is 1.02 bits per heavy atom. The van der Waals surface area contributed by atoms with Gasteiger partial charge in [-0.1, -0.05) is 13.0 Å². The van der Waals surface area contributed by atoms with E-state index in [0.717, 1.165) is 36.3 Å². The van der Waals surface area contributed by atoms with Crippen LogP contribution in [0.2, 0.25) is 0 Å². The van der Waals surface area contributed by atoms with E-state index in [-0.39, 0.29) is 53.6 Å². The Labute approximate surface area is 295 Å². The summed E-state index contributed by atoms with van der Waals surface area (Å²) in [5, 5.41) is 10.3. The normalized spacial score (nSPS) is 20.8. The van der Waals surface area contributed by atoms with E-state index in [1.807, 2.05) is 39.1 Å². The first kappa shape index (κ1) is 37.2. The van der Waals surface area contributed by atoms with E-state index in [1.165, 1.54) is 25.3 Å². The zero-order valence-corrected chi connectivity index (χ0v) is 30.3. The number of rotatable bonds is 10. The summed E-state index contributed by atoms with van der Waals surface area (Å²) in [7, 11) is -0.432. The second-order valence-corrected chi connectivity index (χ2v) is 14.9. The fourth-order valence-electron chi connectivity index (χ4n) is 6.14. The highest BCUT2D eigenvalue weighted by Gasteiger charge is 2.31. The lowest BCUT2D eigenvalue weighted by molar-refractivity contribution is -0.0177. The van der Waals surface area contributed by atoms with Gasteiger partial charge in [0.05, 0.1) is 42.4 Å². The smallest absolute Gasteiger partial charge is 0.261 e. The number of aliphatic hydroxyl groups excluding tert-OH is 1. The first-order valence-corrected chi connectivity index (χ1v) is 18.5. The number of ether oxygens (including phenoxy) is 5. The Kier molecular flexibility index (Phi) is 12.5. The Balaban J connectivity index is 1.40. The van der Waals surface area contributed by atoms with E-state index in [4.69, 9.17) is 23.7 Å². The van der Waals surface area contributed by atoms with Gasteiger partial charge in [0, 0.05) is 37.8 Å². The minimum absolute atomic E-state index is 0.0495. The van der Waals surface area contributed by atoms with Crippen molar-refractivity contribution in [2.75, 3.05) is 52.0 Å². The Hall–Kier alpha value is -4.04. The molecule has 2 heterocycles. The molecule has 50 heavy (non-hydrogen) atoms. The second-order valence-electron chi connectivity index (χ2n) is 13.2. The first-order chi connectivity index (χ1) is 24.0. The zero-order chi connectivity index (χ0) is 35.8. The van der Waals surface area contributed by atoms with Crippen LogP contribution in [0, 0.1) is 5.92 Å². The van der Waals surface area contributed by atoms with Gasteiger partial charge in [-0.2, -0.15) is 0 Å². The van der Waals surface area contributed by atoms with Crippen LogP contribution in [0.4, 0.5) is 5.69 Å². The molecule has 5 rings (SSSR count). The summed E-state index contributed by atoms with van der Waals surface area (Å²) >= 11 is 0. The number of fused-ring (bicyclic) bond motifs is 2. The Morgan fingerprint density at radius 2 is 1.76 bits per heavy atom. The summed E-state index contributed by atoms with van der Waals surface area (Å²) in [6.45, 7) is 7.88. The molecule has 2 N–H and O–H groups in total. The molecular weight excluding hydrogens is 662 g/mol. The van der Waals surface area contributed by atoms with Crippen LogP contribution >= 0.6 is 0 Å². The molecule has 3 aromatic carbocycles. The lowest BCUT2D eigenvalue weighted by atomic mass is 10.0. The molecule has 2 aliphatic rings. The van der Waals surface area contributed by atoms with Crippen molar-refractivity contribution < 1.29 is 42.0 Å². The topological polar surface area (TPSA) is 136 Å².